The Hall–Kier alpha value is -0.740. The molecule has 0 aliphatic rings. The maximum Gasteiger partial charge on any atom is 0.255 e. The lowest BCUT2D eigenvalue weighted by atomic mass is 10.2. The van der Waals surface area contributed by atoms with Crippen LogP contribution in [0.5, 0.6) is 0 Å². The number of halogens is 4. The Kier molecular flexibility index (Phi) is 4.74. The average molecular weight is 379 g/mol. The Morgan fingerprint density at radius 3 is 2.21 bits per heavy atom. The molecule has 98 valence electrons. The van der Waals surface area contributed by atoms with Crippen LogP contribution >= 0.6 is 50.7 Å². The summed E-state index contributed by atoms with van der Waals surface area (Å²) in [6.07, 6.45) is 0. The lowest BCUT2D eigenvalue weighted by molar-refractivity contribution is 0.102. The largest absolute Gasteiger partial charge is 0.319 e. The highest BCUT2D eigenvalue weighted by atomic mass is 79.9. The van der Waals surface area contributed by atoms with Gasteiger partial charge in [-0.3, -0.25) is 4.79 Å². The van der Waals surface area contributed by atoms with E-state index in [9.17, 15) is 4.79 Å². The highest BCUT2D eigenvalue weighted by molar-refractivity contribution is 9.10. The van der Waals surface area contributed by atoms with Crippen molar-refractivity contribution in [1.29, 1.82) is 0 Å². The Balaban J connectivity index is 2.28. The van der Waals surface area contributed by atoms with E-state index in [0.29, 0.717) is 30.8 Å². The van der Waals surface area contributed by atoms with E-state index < -0.39 is 0 Å². The van der Waals surface area contributed by atoms with Crippen LogP contribution in [0, 0.1) is 0 Å². The Morgan fingerprint density at radius 1 is 1.00 bits per heavy atom. The number of nitrogens with one attached hydrogen (secondary N) is 1. The lowest BCUT2D eigenvalue weighted by Gasteiger charge is -2.09. The standard InChI is InChI=1S/C13H7BrCl3NO/c14-8-6-7(4-5-9(8)15)13(19)18-12-10(16)2-1-3-11(12)17/h1-6H,(H,18,19). The number of hydrogen-bond acceptors (Lipinski definition) is 1. The Labute approximate surface area is 133 Å². The van der Waals surface area contributed by atoms with E-state index in [1.54, 1.807) is 36.4 Å². The number of amides is 1. The van der Waals surface area contributed by atoms with Gasteiger partial charge in [-0.15, -0.1) is 0 Å². The van der Waals surface area contributed by atoms with Crippen molar-refractivity contribution in [1.82, 2.24) is 0 Å². The van der Waals surface area contributed by atoms with Crippen molar-refractivity contribution in [3.05, 3.63) is 61.5 Å². The third-order valence-corrected chi connectivity index (χ3v) is 4.23. The summed E-state index contributed by atoms with van der Waals surface area (Å²) < 4.78 is 0.645. The summed E-state index contributed by atoms with van der Waals surface area (Å²) >= 11 is 21.1. The van der Waals surface area contributed by atoms with Crippen LogP contribution in [0.15, 0.2) is 40.9 Å². The molecule has 0 radical (unpaired) electrons. The predicted octanol–water partition coefficient (Wildman–Crippen LogP) is 5.66. The van der Waals surface area contributed by atoms with Gasteiger partial charge in [-0.1, -0.05) is 40.9 Å². The normalized spacial score (nSPS) is 10.3. The SMILES string of the molecule is O=C(Nc1c(Cl)cccc1Cl)c1ccc(Cl)c(Br)c1. The second kappa shape index (κ2) is 6.14. The molecule has 0 heterocycles. The topological polar surface area (TPSA) is 29.1 Å². The summed E-state index contributed by atoms with van der Waals surface area (Å²) in [5, 5.41) is 3.98. The van der Waals surface area contributed by atoms with E-state index in [4.69, 9.17) is 34.8 Å². The van der Waals surface area contributed by atoms with Gasteiger partial charge in [-0.2, -0.15) is 0 Å². The van der Waals surface area contributed by atoms with Crippen LogP contribution in [-0.2, 0) is 0 Å². The number of para-hydroxylation sites is 1. The second-order valence-electron chi connectivity index (χ2n) is 3.68. The van der Waals surface area contributed by atoms with E-state index in [0.717, 1.165) is 0 Å². The predicted molar refractivity (Wildman–Crippen MR) is 83.6 cm³/mol. The minimum absolute atomic E-state index is 0.313. The van der Waals surface area contributed by atoms with Crippen LogP contribution in [0.2, 0.25) is 15.1 Å². The van der Waals surface area contributed by atoms with Crippen molar-refractivity contribution in [2.24, 2.45) is 0 Å². The fraction of sp³-hybridized carbons (Fsp3) is 0. The van der Waals surface area contributed by atoms with Crippen molar-refractivity contribution in [3.8, 4) is 0 Å². The maximum absolute atomic E-state index is 12.1. The zero-order valence-corrected chi connectivity index (χ0v) is 13.2. The molecule has 0 saturated carbocycles. The summed E-state index contributed by atoms with van der Waals surface area (Å²) in [4.78, 5) is 12.1. The van der Waals surface area contributed by atoms with Gasteiger partial charge in [0.1, 0.15) is 0 Å². The summed E-state index contributed by atoms with van der Waals surface area (Å²) in [5.41, 5.74) is 0.842. The van der Waals surface area contributed by atoms with Crippen LogP contribution in [-0.4, -0.2) is 5.91 Å². The molecule has 0 saturated heterocycles. The van der Waals surface area contributed by atoms with Gasteiger partial charge in [0.2, 0.25) is 0 Å². The molecule has 0 bridgehead atoms. The number of hydrogen-bond donors (Lipinski definition) is 1. The molecular formula is C13H7BrCl3NO. The van der Waals surface area contributed by atoms with E-state index >= 15 is 0 Å². The zero-order chi connectivity index (χ0) is 14.0. The van der Waals surface area contributed by atoms with Crippen LogP contribution < -0.4 is 5.32 Å². The highest BCUT2D eigenvalue weighted by Crippen LogP contribution is 2.30. The molecule has 0 unspecified atom stereocenters. The van der Waals surface area contributed by atoms with Crippen molar-refractivity contribution < 1.29 is 4.79 Å². The van der Waals surface area contributed by atoms with E-state index in [1.165, 1.54) is 0 Å². The van der Waals surface area contributed by atoms with Gasteiger partial charge in [0.25, 0.3) is 5.91 Å². The van der Waals surface area contributed by atoms with Crippen LogP contribution in [0.3, 0.4) is 0 Å². The summed E-state index contributed by atoms with van der Waals surface area (Å²) in [6.45, 7) is 0. The zero-order valence-electron chi connectivity index (χ0n) is 9.38. The number of benzene rings is 2. The second-order valence-corrected chi connectivity index (χ2v) is 5.76. The first-order chi connectivity index (χ1) is 8.99. The van der Waals surface area contributed by atoms with E-state index in [-0.39, 0.29) is 5.91 Å². The summed E-state index contributed by atoms with van der Waals surface area (Å²) in [6, 6.07) is 9.89. The summed E-state index contributed by atoms with van der Waals surface area (Å²) in [5.74, 6) is -0.313. The molecule has 0 aliphatic heterocycles. The van der Waals surface area contributed by atoms with Crippen molar-refractivity contribution in [2.45, 2.75) is 0 Å². The quantitative estimate of drug-likeness (QED) is 0.716. The third-order valence-electron chi connectivity index (χ3n) is 2.38. The molecule has 0 atom stereocenters. The molecule has 1 N–H and O–H groups in total. The maximum atomic E-state index is 12.1. The van der Waals surface area contributed by atoms with Crippen LogP contribution in [0.1, 0.15) is 10.4 Å². The van der Waals surface area contributed by atoms with Crippen LogP contribution in [0.25, 0.3) is 0 Å². The molecule has 0 fully saturated rings. The average Bonchev–Trinajstić information content (AvgIpc) is 2.37. The molecule has 0 aliphatic carbocycles. The molecule has 2 aromatic rings. The molecule has 6 heteroatoms. The first-order valence-electron chi connectivity index (χ1n) is 5.19. The minimum atomic E-state index is -0.313. The van der Waals surface area contributed by atoms with Gasteiger partial charge in [-0.05, 0) is 46.3 Å². The number of carbonyl (C=O) groups is 1. The molecular weight excluding hydrogens is 372 g/mol. The first-order valence-corrected chi connectivity index (χ1v) is 7.12. The fourth-order valence-electron chi connectivity index (χ4n) is 1.44. The van der Waals surface area contributed by atoms with Gasteiger partial charge in [-0.25, -0.2) is 0 Å². The van der Waals surface area contributed by atoms with Gasteiger partial charge in [0.15, 0.2) is 0 Å². The monoisotopic (exact) mass is 377 g/mol. The summed E-state index contributed by atoms with van der Waals surface area (Å²) in [7, 11) is 0. The molecule has 2 aromatic carbocycles. The van der Waals surface area contributed by atoms with Crippen LogP contribution in [0.4, 0.5) is 5.69 Å². The minimum Gasteiger partial charge on any atom is -0.319 e. The van der Waals surface area contributed by atoms with Gasteiger partial charge in [0.05, 0.1) is 20.8 Å². The molecule has 0 spiro atoms. The Bertz CT molecular complexity index is 626. The molecule has 2 nitrogen and oxygen atoms in total. The first kappa shape index (κ1) is 14.7. The van der Waals surface area contributed by atoms with Crippen molar-refractivity contribution in [2.75, 3.05) is 5.32 Å². The highest BCUT2D eigenvalue weighted by Gasteiger charge is 2.12. The van der Waals surface area contributed by atoms with E-state index in [2.05, 4.69) is 21.2 Å². The molecule has 19 heavy (non-hydrogen) atoms. The molecule has 2 rings (SSSR count). The molecule has 0 aromatic heterocycles. The van der Waals surface area contributed by atoms with E-state index in [1.807, 2.05) is 0 Å². The third kappa shape index (κ3) is 3.42. The van der Waals surface area contributed by atoms with Crippen molar-refractivity contribution in [3.63, 3.8) is 0 Å². The number of rotatable bonds is 2. The van der Waals surface area contributed by atoms with Gasteiger partial charge in [0, 0.05) is 10.0 Å². The lowest BCUT2D eigenvalue weighted by Crippen LogP contribution is -2.12. The number of anilines is 1. The van der Waals surface area contributed by atoms with Crippen molar-refractivity contribution >= 4 is 62.3 Å². The fourth-order valence-corrected chi connectivity index (χ4v) is 2.43. The van der Waals surface area contributed by atoms with Gasteiger partial charge < -0.3 is 5.32 Å². The number of carbonyl (C=O) groups excluding carboxylic acids is 1. The molecule has 1 amide bonds. The van der Waals surface area contributed by atoms with Gasteiger partial charge >= 0.3 is 0 Å². The Morgan fingerprint density at radius 2 is 1.63 bits per heavy atom. The smallest absolute Gasteiger partial charge is 0.255 e.